The molecule has 26 heavy (non-hydrogen) atoms. The smallest absolute Gasteiger partial charge is 0.338 e. The summed E-state index contributed by atoms with van der Waals surface area (Å²) in [6, 6.07) is 15.5. The standard InChI is InChI=1S/C20H17N3O3/c1-2-26-20(25)14-6-9-16(10-7-14)23-19(24)15-8-11-18(22-13-15)17-5-3-4-12-21-17/h3-13H,2H2,1H3,(H,23,24). The highest BCUT2D eigenvalue weighted by molar-refractivity contribution is 6.04. The Morgan fingerprint density at radius 1 is 0.923 bits per heavy atom. The zero-order chi connectivity index (χ0) is 18.4. The highest BCUT2D eigenvalue weighted by atomic mass is 16.5. The minimum absolute atomic E-state index is 0.283. The molecule has 0 bridgehead atoms. The molecule has 0 spiro atoms. The van der Waals surface area contributed by atoms with Crippen molar-refractivity contribution >= 4 is 17.6 Å². The van der Waals surface area contributed by atoms with Crippen LogP contribution in [0.25, 0.3) is 11.4 Å². The van der Waals surface area contributed by atoms with Crippen molar-refractivity contribution in [3.05, 3.63) is 78.1 Å². The van der Waals surface area contributed by atoms with E-state index in [4.69, 9.17) is 4.74 Å². The number of esters is 1. The minimum Gasteiger partial charge on any atom is -0.462 e. The van der Waals surface area contributed by atoms with Crippen LogP contribution >= 0.6 is 0 Å². The number of hydrogen-bond donors (Lipinski definition) is 1. The molecule has 6 heteroatoms. The second-order valence-corrected chi connectivity index (χ2v) is 5.40. The van der Waals surface area contributed by atoms with E-state index >= 15 is 0 Å². The van der Waals surface area contributed by atoms with Crippen molar-refractivity contribution in [1.82, 2.24) is 9.97 Å². The number of carbonyl (C=O) groups excluding carboxylic acids is 2. The fraction of sp³-hybridized carbons (Fsp3) is 0.100. The van der Waals surface area contributed by atoms with Crippen LogP contribution in [-0.4, -0.2) is 28.5 Å². The highest BCUT2D eigenvalue weighted by Gasteiger charge is 2.10. The Morgan fingerprint density at radius 2 is 1.65 bits per heavy atom. The molecule has 2 heterocycles. The maximum Gasteiger partial charge on any atom is 0.338 e. The molecule has 6 nitrogen and oxygen atoms in total. The number of hydrogen-bond acceptors (Lipinski definition) is 5. The summed E-state index contributed by atoms with van der Waals surface area (Å²) in [6.07, 6.45) is 3.20. The summed E-state index contributed by atoms with van der Waals surface area (Å²) in [5, 5.41) is 2.77. The van der Waals surface area contributed by atoms with E-state index in [1.54, 1.807) is 49.5 Å². The maximum atomic E-state index is 12.3. The Morgan fingerprint density at radius 3 is 2.27 bits per heavy atom. The van der Waals surface area contributed by atoms with Crippen molar-refractivity contribution in [2.75, 3.05) is 11.9 Å². The van der Waals surface area contributed by atoms with E-state index in [1.165, 1.54) is 6.20 Å². The number of nitrogens with zero attached hydrogens (tertiary/aromatic N) is 2. The van der Waals surface area contributed by atoms with E-state index in [0.717, 1.165) is 5.69 Å². The van der Waals surface area contributed by atoms with Gasteiger partial charge in [0.15, 0.2) is 0 Å². The van der Waals surface area contributed by atoms with Gasteiger partial charge >= 0.3 is 5.97 Å². The summed E-state index contributed by atoms with van der Waals surface area (Å²) in [4.78, 5) is 32.5. The first-order valence-corrected chi connectivity index (χ1v) is 8.13. The van der Waals surface area contributed by atoms with Gasteiger partial charge in [-0.2, -0.15) is 0 Å². The van der Waals surface area contributed by atoms with Gasteiger partial charge in [-0.25, -0.2) is 4.79 Å². The largest absolute Gasteiger partial charge is 0.462 e. The first-order chi connectivity index (χ1) is 12.7. The SMILES string of the molecule is CCOC(=O)c1ccc(NC(=O)c2ccc(-c3ccccn3)nc2)cc1. The third-order valence-electron chi connectivity index (χ3n) is 3.61. The number of carbonyl (C=O) groups is 2. The second kappa shape index (κ2) is 8.02. The van der Waals surface area contributed by atoms with Gasteiger partial charge in [0.05, 0.1) is 29.1 Å². The summed E-state index contributed by atoms with van der Waals surface area (Å²) < 4.78 is 4.93. The van der Waals surface area contributed by atoms with Gasteiger partial charge in [0.25, 0.3) is 5.91 Å². The minimum atomic E-state index is -0.389. The fourth-order valence-electron chi connectivity index (χ4n) is 2.30. The number of anilines is 1. The van der Waals surface area contributed by atoms with Crippen molar-refractivity contribution in [2.45, 2.75) is 6.92 Å². The lowest BCUT2D eigenvalue weighted by Gasteiger charge is -2.07. The molecular weight excluding hydrogens is 330 g/mol. The van der Waals surface area contributed by atoms with Crippen LogP contribution in [0, 0.1) is 0 Å². The number of ether oxygens (including phenoxy) is 1. The molecule has 1 aromatic carbocycles. The van der Waals surface area contributed by atoms with Crippen LogP contribution in [0.1, 0.15) is 27.6 Å². The topological polar surface area (TPSA) is 81.2 Å². The predicted octanol–water partition coefficient (Wildman–Crippen LogP) is 3.57. The Labute approximate surface area is 150 Å². The van der Waals surface area contributed by atoms with Gasteiger partial charge in [0, 0.05) is 18.1 Å². The Bertz CT molecular complexity index is 892. The van der Waals surface area contributed by atoms with Crippen LogP contribution < -0.4 is 5.32 Å². The summed E-state index contributed by atoms with van der Waals surface area (Å²) >= 11 is 0. The Kier molecular flexibility index (Phi) is 5.34. The first kappa shape index (κ1) is 17.3. The lowest BCUT2D eigenvalue weighted by molar-refractivity contribution is 0.0526. The first-order valence-electron chi connectivity index (χ1n) is 8.13. The lowest BCUT2D eigenvalue weighted by atomic mass is 10.2. The molecule has 0 aliphatic heterocycles. The number of nitrogens with one attached hydrogen (secondary N) is 1. The Balaban J connectivity index is 1.67. The van der Waals surface area contributed by atoms with Crippen LogP contribution in [0.5, 0.6) is 0 Å². The summed E-state index contributed by atoms with van der Waals surface area (Å²) in [5.41, 5.74) is 2.89. The molecular formula is C20H17N3O3. The van der Waals surface area contributed by atoms with Crippen molar-refractivity contribution in [3.63, 3.8) is 0 Å². The summed E-state index contributed by atoms with van der Waals surface area (Å²) in [7, 11) is 0. The number of pyridine rings is 2. The van der Waals surface area contributed by atoms with Crippen LogP contribution in [0.4, 0.5) is 5.69 Å². The molecule has 0 aliphatic carbocycles. The predicted molar refractivity (Wildman–Crippen MR) is 97.8 cm³/mol. The van der Waals surface area contributed by atoms with Gasteiger partial charge in [0.2, 0.25) is 0 Å². The van der Waals surface area contributed by atoms with Crippen LogP contribution in [0.3, 0.4) is 0 Å². The van der Waals surface area contributed by atoms with Gasteiger partial charge in [-0.3, -0.25) is 14.8 Å². The van der Waals surface area contributed by atoms with Crippen molar-refractivity contribution < 1.29 is 14.3 Å². The average Bonchev–Trinajstić information content (AvgIpc) is 2.69. The van der Waals surface area contributed by atoms with Gasteiger partial charge in [-0.1, -0.05) is 6.07 Å². The van der Waals surface area contributed by atoms with E-state index in [1.807, 2.05) is 18.2 Å². The zero-order valence-electron chi connectivity index (χ0n) is 14.2. The third kappa shape index (κ3) is 4.10. The molecule has 0 saturated carbocycles. The van der Waals surface area contributed by atoms with Gasteiger partial charge < -0.3 is 10.1 Å². The monoisotopic (exact) mass is 347 g/mol. The number of amides is 1. The van der Waals surface area contributed by atoms with Crippen molar-refractivity contribution in [3.8, 4) is 11.4 Å². The molecule has 130 valence electrons. The zero-order valence-corrected chi connectivity index (χ0v) is 14.2. The van der Waals surface area contributed by atoms with Gasteiger partial charge in [-0.15, -0.1) is 0 Å². The van der Waals surface area contributed by atoms with Crippen molar-refractivity contribution in [1.29, 1.82) is 0 Å². The molecule has 3 rings (SSSR count). The van der Waals surface area contributed by atoms with Gasteiger partial charge in [0.1, 0.15) is 0 Å². The second-order valence-electron chi connectivity index (χ2n) is 5.40. The molecule has 0 atom stereocenters. The molecule has 0 saturated heterocycles. The highest BCUT2D eigenvalue weighted by Crippen LogP contribution is 2.15. The van der Waals surface area contributed by atoms with Crippen molar-refractivity contribution in [2.24, 2.45) is 0 Å². The maximum absolute atomic E-state index is 12.3. The fourth-order valence-corrected chi connectivity index (χ4v) is 2.30. The lowest BCUT2D eigenvalue weighted by Crippen LogP contribution is -2.12. The van der Waals surface area contributed by atoms with Crippen LogP contribution in [0.2, 0.25) is 0 Å². The molecule has 3 aromatic rings. The number of benzene rings is 1. The normalized spacial score (nSPS) is 10.2. The Hall–Kier alpha value is -3.54. The molecule has 2 aromatic heterocycles. The molecule has 0 fully saturated rings. The quantitative estimate of drug-likeness (QED) is 0.714. The summed E-state index contributed by atoms with van der Waals surface area (Å²) in [5.74, 6) is -0.673. The summed E-state index contributed by atoms with van der Waals surface area (Å²) in [6.45, 7) is 2.07. The number of aromatic nitrogens is 2. The molecule has 0 aliphatic rings. The molecule has 0 radical (unpaired) electrons. The molecule has 1 amide bonds. The van der Waals surface area contributed by atoms with E-state index in [9.17, 15) is 9.59 Å². The van der Waals surface area contributed by atoms with Crippen LogP contribution in [-0.2, 0) is 4.74 Å². The van der Waals surface area contributed by atoms with E-state index < -0.39 is 0 Å². The van der Waals surface area contributed by atoms with E-state index in [2.05, 4.69) is 15.3 Å². The van der Waals surface area contributed by atoms with E-state index in [-0.39, 0.29) is 11.9 Å². The molecule has 1 N–H and O–H groups in total. The van der Waals surface area contributed by atoms with E-state index in [0.29, 0.717) is 29.1 Å². The van der Waals surface area contributed by atoms with Crippen LogP contribution in [0.15, 0.2) is 67.0 Å². The average molecular weight is 347 g/mol. The number of rotatable bonds is 5. The molecule has 0 unspecified atom stereocenters. The third-order valence-corrected chi connectivity index (χ3v) is 3.61. The van der Waals surface area contributed by atoms with Gasteiger partial charge in [-0.05, 0) is 55.5 Å².